The maximum absolute atomic E-state index is 12.9. The van der Waals surface area contributed by atoms with Gasteiger partial charge in [0, 0.05) is 24.0 Å². The number of aromatic nitrogens is 3. The maximum atomic E-state index is 12.9. The second-order valence-corrected chi connectivity index (χ2v) is 5.89. The molecule has 0 spiro atoms. The molecule has 2 aromatic rings. The Labute approximate surface area is 159 Å². The standard InChI is InChI=1S/C17H9F6N5O/c18-16(19,20)12-3-11(4-13(5-12)17(21,22)23)15-25-9-28(26-15)2-1-14(29)27-7-10(6-24)8-27/h1-5,7,9H,8H2/b2-1-. The van der Waals surface area contributed by atoms with Crippen LogP contribution in [0, 0.1) is 11.3 Å². The summed E-state index contributed by atoms with van der Waals surface area (Å²) < 4.78 is 78.6. The van der Waals surface area contributed by atoms with Gasteiger partial charge in [0.2, 0.25) is 0 Å². The van der Waals surface area contributed by atoms with Gasteiger partial charge in [-0.1, -0.05) is 0 Å². The van der Waals surface area contributed by atoms with Crippen LogP contribution in [0.1, 0.15) is 11.1 Å². The van der Waals surface area contributed by atoms with Crippen molar-refractivity contribution in [2.75, 3.05) is 6.54 Å². The average molecular weight is 413 g/mol. The van der Waals surface area contributed by atoms with Crippen molar-refractivity contribution in [3.05, 3.63) is 53.5 Å². The molecule has 1 aromatic heterocycles. The largest absolute Gasteiger partial charge is 0.416 e. The third-order valence-electron chi connectivity index (χ3n) is 3.80. The monoisotopic (exact) mass is 413 g/mol. The lowest BCUT2D eigenvalue weighted by molar-refractivity contribution is -0.143. The van der Waals surface area contributed by atoms with Crippen LogP contribution >= 0.6 is 0 Å². The van der Waals surface area contributed by atoms with Gasteiger partial charge < -0.3 is 4.90 Å². The van der Waals surface area contributed by atoms with E-state index in [1.54, 1.807) is 0 Å². The van der Waals surface area contributed by atoms with E-state index in [1.807, 2.05) is 6.07 Å². The molecule has 0 saturated carbocycles. The number of nitrogens with zero attached hydrogens (tertiary/aromatic N) is 5. The van der Waals surface area contributed by atoms with Crippen molar-refractivity contribution >= 4 is 12.1 Å². The fraction of sp³-hybridized carbons (Fsp3) is 0.176. The Balaban J connectivity index is 1.86. The summed E-state index contributed by atoms with van der Waals surface area (Å²) in [5.74, 6) is -0.867. The predicted molar refractivity (Wildman–Crippen MR) is 86.2 cm³/mol. The van der Waals surface area contributed by atoms with E-state index in [4.69, 9.17) is 5.26 Å². The Morgan fingerprint density at radius 2 is 1.69 bits per heavy atom. The smallest absolute Gasteiger partial charge is 0.309 e. The SMILES string of the molecule is N#CC1=CN(C(=O)/C=C\n2cnc(-c3cc(C(F)(F)F)cc(C(F)(F)F)c3)n2)C1. The molecule has 12 heteroatoms. The van der Waals surface area contributed by atoms with Gasteiger partial charge in [-0.15, -0.1) is 5.10 Å². The second-order valence-electron chi connectivity index (χ2n) is 5.89. The number of nitriles is 1. The zero-order valence-corrected chi connectivity index (χ0v) is 14.2. The van der Waals surface area contributed by atoms with Gasteiger partial charge in [0.25, 0.3) is 5.91 Å². The minimum Gasteiger partial charge on any atom is -0.309 e. The number of benzene rings is 1. The first kappa shape index (κ1) is 20.1. The molecule has 29 heavy (non-hydrogen) atoms. The summed E-state index contributed by atoms with van der Waals surface area (Å²) in [6.07, 6.45) is -5.42. The maximum Gasteiger partial charge on any atom is 0.416 e. The van der Waals surface area contributed by atoms with Crippen LogP contribution in [0.4, 0.5) is 26.3 Å². The number of hydrogen-bond donors (Lipinski definition) is 0. The van der Waals surface area contributed by atoms with Crippen molar-refractivity contribution in [1.29, 1.82) is 5.26 Å². The molecule has 0 bridgehead atoms. The first-order valence-electron chi connectivity index (χ1n) is 7.78. The normalized spacial score (nSPS) is 14.5. The number of carbonyl (C=O) groups is 1. The molecule has 1 amide bonds. The highest BCUT2D eigenvalue weighted by atomic mass is 19.4. The average Bonchev–Trinajstić information content (AvgIpc) is 3.06. The molecule has 150 valence electrons. The zero-order valence-electron chi connectivity index (χ0n) is 14.2. The fourth-order valence-corrected chi connectivity index (χ4v) is 2.35. The minimum absolute atomic E-state index is 0.00907. The van der Waals surface area contributed by atoms with Crippen LogP contribution in [-0.4, -0.2) is 32.1 Å². The van der Waals surface area contributed by atoms with E-state index in [-0.39, 0.29) is 18.4 Å². The van der Waals surface area contributed by atoms with Gasteiger partial charge in [0.1, 0.15) is 6.33 Å². The molecule has 1 aliphatic rings. The molecule has 0 fully saturated rings. The van der Waals surface area contributed by atoms with E-state index in [0.717, 1.165) is 23.3 Å². The number of alkyl halides is 6. The second kappa shape index (κ2) is 7.08. The Morgan fingerprint density at radius 3 is 2.21 bits per heavy atom. The van der Waals surface area contributed by atoms with Crippen LogP contribution in [0.25, 0.3) is 17.6 Å². The van der Waals surface area contributed by atoms with E-state index in [0.29, 0.717) is 17.7 Å². The van der Waals surface area contributed by atoms with Crippen LogP contribution < -0.4 is 0 Å². The number of rotatable bonds is 3. The van der Waals surface area contributed by atoms with Gasteiger partial charge in [-0.2, -0.15) is 31.6 Å². The van der Waals surface area contributed by atoms with E-state index >= 15 is 0 Å². The molecule has 0 atom stereocenters. The highest BCUT2D eigenvalue weighted by Gasteiger charge is 2.37. The topological polar surface area (TPSA) is 74.8 Å². The van der Waals surface area contributed by atoms with E-state index in [9.17, 15) is 31.1 Å². The van der Waals surface area contributed by atoms with Crippen molar-refractivity contribution < 1.29 is 31.1 Å². The molecule has 2 heterocycles. The zero-order chi connectivity index (χ0) is 21.4. The minimum atomic E-state index is -4.99. The number of halogens is 6. The molecular formula is C17H9F6N5O. The highest BCUT2D eigenvalue weighted by Crippen LogP contribution is 2.38. The van der Waals surface area contributed by atoms with Crippen molar-refractivity contribution in [3.63, 3.8) is 0 Å². The Kier molecular flexibility index (Phi) is 4.91. The summed E-state index contributed by atoms with van der Waals surface area (Å²) in [5.41, 5.74) is -3.03. The molecule has 1 aliphatic heterocycles. The molecule has 0 aliphatic carbocycles. The lowest BCUT2D eigenvalue weighted by Gasteiger charge is -2.24. The summed E-state index contributed by atoms with van der Waals surface area (Å²) in [5, 5.41) is 12.4. The summed E-state index contributed by atoms with van der Waals surface area (Å²) in [7, 11) is 0. The van der Waals surface area contributed by atoms with Crippen molar-refractivity contribution in [2.45, 2.75) is 12.4 Å². The third kappa shape index (κ3) is 4.45. The van der Waals surface area contributed by atoms with Gasteiger partial charge in [0.15, 0.2) is 5.82 Å². The van der Waals surface area contributed by atoms with Gasteiger partial charge in [0.05, 0.1) is 29.3 Å². The number of hydrogen-bond acceptors (Lipinski definition) is 4. The Hall–Kier alpha value is -3.62. The molecule has 0 saturated heterocycles. The molecule has 0 N–H and O–H groups in total. The Bertz CT molecular complexity index is 1030. The number of amides is 1. The Morgan fingerprint density at radius 1 is 1.10 bits per heavy atom. The van der Waals surface area contributed by atoms with Gasteiger partial charge >= 0.3 is 12.4 Å². The highest BCUT2D eigenvalue weighted by molar-refractivity contribution is 5.92. The third-order valence-corrected chi connectivity index (χ3v) is 3.80. The van der Waals surface area contributed by atoms with Crippen LogP contribution in [0.3, 0.4) is 0 Å². The van der Waals surface area contributed by atoms with Gasteiger partial charge in [-0.05, 0) is 18.2 Å². The molecule has 1 aromatic carbocycles. The van der Waals surface area contributed by atoms with Crippen molar-refractivity contribution in [1.82, 2.24) is 19.7 Å². The molecule has 0 unspecified atom stereocenters. The van der Waals surface area contributed by atoms with Gasteiger partial charge in [-0.25, -0.2) is 9.67 Å². The lowest BCUT2D eigenvalue weighted by atomic mass is 10.0. The quantitative estimate of drug-likeness (QED) is 0.568. The molecule has 0 radical (unpaired) electrons. The first-order chi connectivity index (χ1) is 13.5. The fourth-order valence-electron chi connectivity index (χ4n) is 2.35. The summed E-state index contributed by atoms with van der Waals surface area (Å²) >= 11 is 0. The molecule has 6 nitrogen and oxygen atoms in total. The van der Waals surface area contributed by atoms with Crippen LogP contribution in [-0.2, 0) is 17.1 Å². The first-order valence-corrected chi connectivity index (χ1v) is 7.78. The van der Waals surface area contributed by atoms with Gasteiger partial charge in [-0.3, -0.25) is 4.79 Å². The predicted octanol–water partition coefficient (Wildman–Crippen LogP) is 3.70. The van der Waals surface area contributed by atoms with E-state index in [2.05, 4.69) is 10.1 Å². The molecular weight excluding hydrogens is 404 g/mol. The van der Waals surface area contributed by atoms with Crippen molar-refractivity contribution in [2.24, 2.45) is 0 Å². The summed E-state index contributed by atoms with van der Waals surface area (Å²) in [4.78, 5) is 16.8. The van der Waals surface area contributed by atoms with E-state index < -0.39 is 35.0 Å². The summed E-state index contributed by atoms with van der Waals surface area (Å²) in [6, 6.07) is 2.90. The molecule has 3 rings (SSSR count). The van der Waals surface area contributed by atoms with Crippen molar-refractivity contribution in [3.8, 4) is 17.5 Å². The number of carbonyl (C=O) groups excluding carboxylic acids is 1. The lowest BCUT2D eigenvalue weighted by Crippen LogP contribution is -2.33. The van der Waals surface area contributed by atoms with Crippen LogP contribution in [0.2, 0.25) is 0 Å². The van der Waals surface area contributed by atoms with E-state index in [1.165, 1.54) is 11.1 Å². The van der Waals surface area contributed by atoms with Crippen LogP contribution in [0.15, 0.2) is 42.4 Å². The summed E-state index contributed by atoms with van der Waals surface area (Å²) in [6.45, 7) is 0.146. The van der Waals surface area contributed by atoms with Crippen LogP contribution in [0.5, 0.6) is 0 Å².